The fourth-order valence-electron chi connectivity index (χ4n) is 1.20. The Kier molecular flexibility index (Phi) is 3.55. The average molecular weight is 208 g/mol. The van der Waals surface area contributed by atoms with Crippen molar-refractivity contribution in [2.24, 2.45) is 0 Å². The van der Waals surface area contributed by atoms with E-state index in [2.05, 4.69) is 5.32 Å². The van der Waals surface area contributed by atoms with E-state index in [0.29, 0.717) is 17.0 Å². The summed E-state index contributed by atoms with van der Waals surface area (Å²) in [4.78, 5) is 11.7. The van der Waals surface area contributed by atoms with Crippen LogP contribution in [0.1, 0.15) is 24.2 Å². The fraction of sp³-hybridized carbons (Fsp3) is 0.364. The molecule has 0 aromatic heterocycles. The quantitative estimate of drug-likeness (QED) is 0.738. The van der Waals surface area contributed by atoms with Gasteiger partial charge in [-0.25, -0.2) is 0 Å². The van der Waals surface area contributed by atoms with Crippen molar-refractivity contribution in [2.45, 2.75) is 19.9 Å². The van der Waals surface area contributed by atoms with E-state index in [1.165, 1.54) is 0 Å². The second-order valence-electron chi connectivity index (χ2n) is 3.58. The normalized spacial score (nSPS) is 10.1. The number of ether oxygens (including phenoxy) is 1. The van der Waals surface area contributed by atoms with Crippen molar-refractivity contribution in [3.8, 4) is 5.75 Å². The lowest BCUT2D eigenvalue weighted by Crippen LogP contribution is -2.30. The molecule has 15 heavy (non-hydrogen) atoms. The maximum Gasteiger partial charge on any atom is 0.253 e. The zero-order valence-corrected chi connectivity index (χ0v) is 9.20. The van der Waals surface area contributed by atoms with Crippen LogP contribution in [0.2, 0.25) is 0 Å². The summed E-state index contributed by atoms with van der Waals surface area (Å²) in [6, 6.07) is 5.10. The van der Waals surface area contributed by atoms with Gasteiger partial charge in [-0.15, -0.1) is 0 Å². The van der Waals surface area contributed by atoms with Crippen molar-refractivity contribution >= 4 is 11.6 Å². The Morgan fingerprint density at radius 2 is 2.13 bits per heavy atom. The van der Waals surface area contributed by atoms with Crippen LogP contribution in [0.25, 0.3) is 0 Å². The lowest BCUT2D eigenvalue weighted by molar-refractivity contribution is 0.0943. The van der Waals surface area contributed by atoms with Gasteiger partial charge in [0.1, 0.15) is 5.75 Å². The zero-order chi connectivity index (χ0) is 11.4. The molecule has 3 N–H and O–H groups in total. The average Bonchev–Trinajstić information content (AvgIpc) is 2.17. The minimum Gasteiger partial charge on any atom is -0.497 e. The number of nitrogen functional groups attached to an aromatic ring is 1. The highest BCUT2D eigenvalue weighted by Gasteiger charge is 2.11. The molecule has 0 atom stereocenters. The first-order valence-corrected chi connectivity index (χ1v) is 4.79. The zero-order valence-electron chi connectivity index (χ0n) is 9.20. The number of anilines is 1. The van der Waals surface area contributed by atoms with E-state index in [9.17, 15) is 4.79 Å². The number of carbonyl (C=O) groups is 1. The maximum atomic E-state index is 11.7. The third-order valence-corrected chi connectivity index (χ3v) is 1.92. The summed E-state index contributed by atoms with van der Waals surface area (Å²) in [5.74, 6) is 0.444. The van der Waals surface area contributed by atoms with E-state index in [4.69, 9.17) is 10.5 Å². The summed E-state index contributed by atoms with van der Waals surface area (Å²) in [7, 11) is 1.55. The van der Waals surface area contributed by atoms with E-state index >= 15 is 0 Å². The van der Waals surface area contributed by atoms with Gasteiger partial charge < -0.3 is 15.8 Å². The Morgan fingerprint density at radius 1 is 1.47 bits per heavy atom. The van der Waals surface area contributed by atoms with E-state index < -0.39 is 0 Å². The molecule has 0 aliphatic rings. The van der Waals surface area contributed by atoms with Gasteiger partial charge in [-0.3, -0.25) is 4.79 Å². The predicted molar refractivity (Wildman–Crippen MR) is 60.0 cm³/mol. The highest BCUT2D eigenvalue weighted by atomic mass is 16.5. The van der Waals surface area contributed by atoms with E-state index in [-0.39, 0.29) is 11.9 Å². The van der Waals surface area contributed by atoms with Crippen LogP contribution in [0.3, 0.4) is 0 Å². The van der Waals surface area contributed by atoms with Gasteiger partial charge in [0.2, 0.25) is 0 Å². The SMILES string of the molecule is COc1ccc(N)c(C(=O)NC(C)C)c1. The van der Waals surface area contributed by atoms with Crippen LogP contribution in [-0.2, 0) is 0 Å². The molecule has 0 saturated heterocycles. The molecule has 0 unspecified atom stereocenters. The third-order valence-electron chi connectivity index (χ3n) is 1.92. The van der Waals surface area contributed by atoms with E-state index in [1.54, 1.807) is 25.3 Å². The second kappa shape index (κ2) is 4.68. The maximum absolute atomic E-state index is 11.7. The molecule has 0 aliphatic carbocycles. The van der Waals surface area contributed by atoms with Gasteiger partial charge in [0.25, 0.3) is 5.91 Å². The number of hydrogen-bond acceptors (Lipinski definition) is 3. The Labute approximate surface area is 89.4 Å². The molecule has 1 amide bonds. The summed E-state index contributed by atoms with van der Waals surface area (Å²) in [6.07, 6.45) is 0. The molecular weight excluding hydrogens is 192 g/mol. The van der Waals surface area contributed by atoms with Crippen molar-refractivity contribution in [3.63, 3.8) is 0 Å². The highest BCUT2D eigenvalue weighted by Crippen LogP contribution is 2.19. The van der Waals surface area contributed by atoms with E-state index in [0.717, 1.165) is 0 Å². The van der Waals surface area contributed by atoms with Gasteiger partial charge >= 0.3 is 0 Å². The van der Waals surface area contributed by atoms with Crippen LogP contribution in [-0.4, -0.2) is 19.1 Å². The monoisotopic (exact) mass is 208 g/mol. The van der Waals surface area contributed by atoms with Crippen molar-refractivity contribution < 1.29 is 9.53 Å². The second-order valence-corrected chi connectivity index (χ2v) is 3.58. The molecule has 0 fully saturated rings. The summed E-state index contributed by atoms with van der Waals surface area (Å²) < 4.78 is 5.03. The Morgan fingerprint density at radius 3 is 2.67 bits per heavy atom. The van der Waals surface area contributed by atoms with Crippen LogP contribution in [0.5, 0.6) is 5.75 Å². The highest BCUT2D eigenvalue weighted by molar-refractivity contribution is 5.99. The molecule has 82 valence electrons. The number of hydrogen-bond donors (Lipinski definition) is 2. The standard InChI is InChI=1S/C11H16N2O2/c1-7(2)13-11(14)9-6-8(15-3)4-5-10(9)12/h4-7H,12H2,1-3H3,(H,13,14). The fourth-order valence-corrected chi connectivity index (χ4v) is 1.20. The van der Waals surface area contributed by atoms with Gasteiger partial charge in [0.05, 0.1) is 12.7 Å². The van der Waals surface area contributed by atoms with Gasteiger partial charge in [0.15, 0.2) is 0 Å². The van der Waals surface area contributed by atoms with Gasteiger partial charge in [-0.1, -0.05) is 0 Å². The molecule has 1 aromatic carbocycles. The number of nitrogens with one attached hydrogen (secondary N) is 1. The minimum atomic E-state index is -0.179. The molecule has 1 rings (SSSR count). The topological polar surface area (TPSA) is 64.3 Å². The Balaban J connectivity index is 2.96. The van der Waals surface area contributed by atoms with Crippen molar-refractivity contribution in [1.82, 2.24) is 5.32 Å². The molecule has 0 heterocycles. The largest absolute Gasteiger partial charge is 0.497 e. The summed E-state index contributed by atoms with van der Waals surface area (Å²) in [5.41, 5.74) is 6.60. The summed E-state index contributed by atoms with van der Waals surface area (Å²) in [6.45, 7) is 3.79. The molecule has 4 nitrogen and oxygen atoms in total. The molecule has 4 heteroatoms. The first-order valence-electron chi connectivity index (χ1n) is 4.79. The number of carbonyl (C=O) groups excluding carboxylic acids is 1. The van der Waals surface area contributed by atoms with Crippen molar-refractivity contribution in [1.29, 1.82) is 0 Å². The van der Waals surface area contributed by atoms with Gasteiger partial charge in [-0.2, -0.15) is 0 Å². The number of methoxy groups -OCH3 is 1. The lowest BCUT2D eigenvalue weighted by Gasteiger charge is -2.11. The molecule has 0 saturated carbocycles. The lowest BCUT2D eigenvalue weighted by atomic mass is 10.1. The van der Waals surface area contributed by atoms with Crippen LogP contribution in [0.4, 0.5) is 5.69 Å². The number of amides is 1. The molecular formula is C11H16N2O2. The summed E-state index contributed by atoms with van der Waals surface area (Å²) in [5, 5.41) is 2.78. The molecule has 0 spiro atoms. The number of rotatable bonds is 3. The van der Waals surface area contributed by atoms with Crippen molar-refractivity contribution in [2.75, 3.05) is 12.8 Å². The number of nitrogens with two attached hydrogens (primary N) is 1. The first kappa shape index (κ1) is 11.4. The Bertz CT molecular complexity index is 362. The van der Waals surface area contributed by atoms with Crippen LogP contribution < -0.4 is 15.8 Å². The minimum absolute atomic E-state index is 0.0862. The summed E-state index contributed by atoms with van der Waals surface area (Å²) >= 11 is 0. The Hall–Kier alpha value is -1.71. The van der Waals surface area contributed by atoms with Gasteiger partial charge in [-0.05, 0) is 32.0 Å². The first-order chi connectivity index (χ1) is 7.04. The molecule has 0 bridgehead atoms. The van der Waals surface area contributed by atoms with Crippen molar-refractivity contribution in [3.05, 3.63) is 23.8 Å². The molecule has 1 aromatic rings. The predicted octanol–water partition coefficient (Wildman–Crippen LogP) is 1.42. The van der Waals surface area contributed by atoms with Crippen LogP contribution in [0, 0.1) is 0 Å². The molecule has 0 aliphatic heterocycles. The third kappa shape index (κ3) is 2.87. The van der Waals surface area contributed by atoms with Crippen LogP contribution in [0.15, 0.2) is 18.2 Å². The number of benzene rings is 1. The van der Waals surface area contributed by atoms with Gasteiger partial charge in [0, 0.05) is 11.7 Å². The van der Waals surface area contributed by atoms with Crippen LogP contribution >= 0.6 is 0 Å². The molecule has 0 radical (unpaired) electrons. The van der Waals surface area contributed by atoms with E-state index in [1.807, 2.05) is 13.8 Å². The smallest absolute Gasteiger partial charge is 0.253 e.